The molecule has 1 atom stereocenters. The zero-order valence-corrected chi connectivity index (χ0v) is 9.70. The average molecular weight is 225 g/mol. The van der Waals surface area contributed by atoms with Crippen molar-refractivity contribution >= 4 is 11.9 Å². The molecule has 1 saturated carbocycles. The van der Waals surface area contributed by atoms with Gasteiger partial charge in [-0.3, -0.25) is 4.79 Å². The lowest BCUT2D eigenvalue weighted by Gasteiger charge is -2.25. The Labute approximate surface area is 96.0 Å². The molecule has 0 spiro atoms. The maximum atomic E-state index is 11.5. The summed E-state index contributed by atoms with van der Waals surface area (Å²) in [5.74, 6) is -0.308. The summed E-state index contributed by atoms with van der Waals surface area (Å²) in [6.07, 6.45) is 5.30. The minimum absolute atomic E-state index is 0.0283. The standard InChI is InChI=1S/C12H19NO3/c1-3-4-8-16-12(15)9(2)13-11(14)10-6-5-7-10/h3,9-10H,1,4-8H2,2H3,(H,13,14)/t9-/m1/s1. The van der Waals surface area contributed by atoms with Crippen molar-refractivity contribution in [3.63, 3.8) is 0 Å². The van der Waals surface area contributed by atoms with Crippen LogP contribution in [0.3, 0.4) is 0 Å². The predicted octanol–water partition coefficient (Wildman–Crippen LogP) is 1.41. The molecule has 16 heavy (non-hydrogen) atoms. The van der Waals surface area contributed by atoms with E-state index >= 15 is 0 Å². The number of carbonyl (C=O) groups is 2. The molecule has 0 saturated heterocycles. The Balaban J connectivity index is 2.21. The van der Waals surface area contributed by atoms with Crippen molar-refractivity contribution in [1.29, 1.82) is 0 Å². The van der Waals surface area contributed by atoms with Crippen LogP contribution in [-0.4, -0.2) is 24.5 Å². The van der Waals surface area contributed by atoms with Crippen LogP contribution in [0.2, 0.25) is 0 Å². The van der Waals surface area contributed by atoms with Crippen molar-refractivity contribution in [2.75, 3.05) is 6.61 Å². The fourth-order valence-electron chi connectivity index (χ4n) is 1.43. The van der Waals surface area contributed by atoms with Gasteiger partial charge in [-0.15, -0.1) is 6.58 Å². The molecule has 4 heteroatoms. The maximum Gasteiger partial charge on any atom is 0.328 e. The number of hydrogen-bond acceptors (Lipinski definition) is 3. The molecule has 1 fully saturated rings. The fourth-order valence-corrected chi connectivity index (χ4v) is 1.43. The molecule has 1 aliphatic rings. The maximum absolute atomic E-state index is 11.5. The van der Waals surface area contributed by atoms with E-state index in [9.17, 15) is 9.59 Å². The number of rotatable bonds is 6. The molecule has 1 rings (SSSR count). The Kier molecular flexibility index (Phi) is 5.02. The Morgan fingerprint density at radius 2 is 2.25 bits per heavy atom. The number of nitrogens with one attached hydrogen (secondary N) is 1. The first-order chi connectivity index (χ1) is 7.65. The highest BCUT2D eigenvalue weighted by Crippen LogP contribution is 2.26. The number of hydrogen-bond donors (Lipinski definition) is 1. The van der Waals surface area contributed by atoms with Gasteiger partial charge >= 0.3 is 5.97 Å². The third kappa shape index (κ3) is 3.68. The highest BCUT2D eigenvalue weighted by atomic mass is 16.5. The van der Waals surface area contributed by atoms with Crippen LogP contribution in [0.5, 0.6) is 0 Å². The summed E-state index contributed by atoms with van der Waals surface area (Å²) in [5.41, 5.74) is 0. The zero-order valence-electron chi connectivity index (χ0n) is 9.70. The molecule has 1 aliphatic carbocycles. The lowest BCUT2D eigenvalue weighted by Crippen LogP contribution is -2.44. The number of ether oxygens (including phenoxy) is 1. The van der Waals surface area contributed by atoms with Gasteiger partial charge in [0.25, 0.3) is 0 Å². The van der Waals surface area contributed by atoms with E-state index in [1.54, 1.807) is 13.0 Å². The summed E-state index contributed by atoms with van der Waals surface area (Å²) in [7, 11) is 0. The quantitative estimate of drug-likeness (QED) is 0.422. The summed E-state index contributed by atoms with van der Waals surface area (Å²) in [5, 5.41) is 2.67. The molecule has 0 aromatic carbocycles. The Morgan fingerprint density at radius 1 is 1.56 bits per heavy atom. The van der Waals surface area contributed by atoms with Crippen LogP contribution in [0.4, 0.5) is 0 Å². The predicted molar refractivity (Wildman–Crippen MR) is 60.7 cm³/mol. The second-order valence-electron chi connectivity index (χ2n) is 4.10. The van der Waals surface area contributed by atoms with Crippen LogP contribution in [0.1, 0.15) is 32.6 Å². The van der Waals surface area contributed by atoms with Crippen molar-refractivity contribution in [2.45, 2.75) is 38.6 Å². The molecule has 0 aromatic rings. The molecule has 90 valence electrons. The molecular weight excluding hydrogens is 206 g/mol. The van der Waals surface area contributed by atoms with Crippen molar-refractivity contribution in [2.24, 2.45) is 5.92 Å². The fraction of sp³-hybridized carbons (Fsp3) is 0.667. The number of amides is 1. The molecule has 0 heterocycles. The van der Waals surface area contributed by atoms with Gasteiger partial charge in [0.15, 0.2) is 0 Å². The number of esters is 1. The minimum Gasteiger partial charge on any atom is -0.464 e. The molecule has 1 N–H and O–H groups in total. The van der Waals surface area contributed by atoms with E-state index in [0.717, 1.165) is 19.3 Å². The highest BCUT2D eigenvalue weighted by Gasteiger charge is 2.27. The van der Waals surface area contributed by atoms with Crippen LogP contribution in [0.25, 0.3) is 0 Å². The van der Waals surface area contributed by atoms with Crippen LogP contribution in [0.15, 0.2) is 12.7 Å². The number of carbonyl (C=O) groups excluding carboxylic acids is 2. The average Bonchev–Trinajstić information content (AvgIpc) is 2.14. The van der Waals surface area contributed by atoms with E-state index in [1.807, 2.05) is 0 Å². The Morgan fingerprint density at radius 3 is 2.75 bits per heavy atom. The van der Waals surface area contributed by atoms with E-state index in [4.69, 9.17) is 4.74 Å². The third-order valence-electron chi connectivity index (χ3n) is 2.75. The van der Waals surface area contributed by atoms with Gasteiger partial charge in [0.05, 0.1) is 6.61 Å². The lowest BCUT2D eigenvalue weighted by molar-refractivity contribution is -0.148. The van der Waals surface area contributed by atoms with Gasteiger partial charge in [-0.25, -0.2) is 4.79 Å². The van der Waals surface area contributed by atoms with Crippen molar-refractivity contribution in [3.8, 4) is 0 Å². The van der Waals surface area contributed by atoms with Crippen LogP contribution in [-0.2, 0) is 14.3 Å². The SMILES string of the molecule is C=CCCOC(=O)[C@@H](C)NC(=O)C1CCC1. The first-order valence-electron chi connectivity index (χ1n) is 5.73. The van der Waals surface area contributed by atoms with E-state index in [2.05, 4.69) is 11.9 Å². The van der Waals surface area contributed by atoms with Gasteiger partial charge < -0.3 is 10.1 Å². The summed E-state index contributed by atoms with van der Waals surface area (Å²) in [4.78, 5) is 22.9. The zero-order chi connectivity index (χ0) is 12.0. The summed E-state index contributed by atoms with van der Waals surface area (Å²) >= 11 is 0. The molecule has 4 nitrogen and oxygen atoms in total. The molecular formula is C12H19NO3. The lowest BCUT2D eigenvalue weighted by atomic mass is 9.84. The Hall–Kier alpha value is -1.32. The molecule has 0 aliphatic heterocycles. The van der Waals surface area contributed by atoms with E-state index in [0.29, 0.717) is 13.0 Å². The smallest absolute Gasteiger partial charge is 0.328 e. The van der Waals surface area contributed by atoms with Crippen LogP contribution >= 0.6 is 0 Å². The Bertz CT molecular complexity index is 271. The second-order valence-corrected chi connectivity index (χ2v) is 4.10. The summed E-state index contributed by atoms with van der Waals surface area (Å²) in [6, 6.07) is -0.557. The monoisotopic (exact) mass is 225 g/mol. The van der Waals surface area contributed by atoms with Crippen molar-refractivity contribution < 1.29 is 14.3 Å². The van der Waals surface area contributed by atoms with Gasteiger partial charge in [0, 0.05) is 5.92 Å². The summed E-state index contributed by atoms with van der Waals surface area (Å²) in [6.45, 7) is 5.50. The molecule has 0 aromatic heterocycles. The van der Waals surface area contributed by atoms with Gasteiger partial charge in [-0.1, -0.05) is 12.5 Å². The first-order valence-corrected chi connectivity index (χ1v) is 5.73. The van der Waals surface area contributed by atoms with E-state index in [-0.39, 0.29) is 17.8 Å². The van der Waals surface area contributed by atoms with Crippen LogP contribution in [0, 0.1) is 5.92 Å². The minimum atomic E-state index is -0.557. The van der Waals surface area contributed by atoms with Crippen molar-refractivity contribution in [1.82, 2.24) is 5.32 Å². The second kappa shape index (κ2) is 6.30. The molecule has 0 unspecified atom stereocenters. The van der Waals surface area contributed by atoms with E-state index < -0.39 is 6.04 Å². The van der Waals surface area contributed by atoms with E-state index in [1.165, 1.54) is 0 Å². The molecule has 1 amide bonds. The largest absolute Gasteiger partial charge is 0.464 e. The van der Waals surface area contributed by atoms with Gasteiger partial charge in [0.2, 0.25) is 5.91 Å². The van der Waals surface area contributed by atoms with Crippen molar-refractivity contribution in [3.05, 3.63) is 12.7 Å². The molecule has 0 radical (unpaired) electrons. The third-order valence-corrected chi connectivity index (χ3v) is 2.75. The highest BCUT2D eigenvalue weighted by molar-refractivity contribution is 5.85. The van der Waals surface area contributed by atoms with Gasteiger partial charge in [-0.05, 0) is 26.2 Å². The summed E-state index contributed by atoms with van der Waals surface area (Å²) < 4.78 is 4.95. The van der Waals surface area contributed by atoms with Gasteiger partial charge in [0.1, 0.15) is 6.04 Å². The van der Waals surface area contributed by atoms with Gasteiger partial charge in [-0.2, -0.15) is 0 Å². The first kappa shape index (κ1) is 12.7. The molecule has 0 bridgehead atoms. The normalized spacial score (nSPS) is 17.1. The topological polar surface area (TPSA) is 55.4 Å². The van der Waals surface area contributed by atoms with Crippen LogP contribution < -0.4 is 5.32 Å².